The summed E-state index contributed by atoms with van der Waals surface area (Å²) in [4.78, 5) is 13.9. The molecule has 20 heavy (non-hydrogen) atoms. The van der Waals surface area contributed by atoms with Gasteiger partial charge in [0.15, 0.2) is 0 Å². The minimum atomic E-state index is -3.76. The van der Waals surface area contributed by atoms with E-state index in [1.54, 1.807) is 0 Å². The smallest absolute Gasteiger partial charge is 0.245 e. The molecule has 1 aromatic heterocycles. The van der Waals surface area contributed by atoms with Gasteiger partial charge in [-0.15, -0.1) is 0 Å². The van der Waals surface area contributed by atoms with Gasteiger partial charge in [0.05, 0.1) is 0 Å². The van der Waals surface area contributed by atoms with Gasteiger partial charge in [0.2, 0.25) is 15.5 Å². The zero-order chi connectivity index (χ0) is 14.2. The summed E-state index contributed by atoms with van der Waals surface area (Å²) in [6, 6.07) is 9.17. The second-order valence-corrected chi connectivity index (χ2v) is 6.56. The maximum Gasteiger partial charge on any atom is 0.245 e. The molecule has 0 bridgehead atoms. The second kappa shape index (κ2) is 4.88. The van der Waals surface area contributed by atoms with Crippen LogP contribution in [0.25, 0.3) is 0 Å². The minimum absolute atomic E-state index is 0.184. The number of pyridine rings is 1. The van der Waals surface area contributed by atoms with Crippen LogP contribution in [-0.4, -0.2) is 19.9 Å². The Labute approximate surface area is 116 Å². The zero-order valence-electron chi connectivity index (χ0n) is 10.7. The molecule has 6 heteroatoms. The third-order valence-electron chi connectivity index (χ3n) is 3.56. The maximum absolute atomic E-state index is 12.1. The van der Waals surface area contributed by atoms with Crippen molar-refractivity contribution >= 4 is 10.0 Å². The fourth-order valence-electron chi connectivity index (χ4n) is 2.44. The van der Waals surface area contributed by atoms with Crippen molar-refractivity contribution in [1.29, 1.82) is 0 Å². The summed E-state index contributed by atoms with van der Waals surface area (Å²) in [6.45, 7) is 0.313. The second-order valence-electron chi connectivity index (χ2n) is 4.82. The Morgan fingerprint density at radius 2 is 2.05 bits per heavy atom. The molecule has 2 N–H and O–H groups in total. The van der Waals surface area contributed by atoms with Crippen LogP contribution in [0.1, 0.15) is 17.0 Å². The first kappa shape index (κ1) is 13.1. The maximum atomic E-state index is 12.1. The van der Waals surface area contributed by atoms with Crippen LogP contribution in [0.3, 0.4) is 0 Å². The highest BCUT2D eigenvalue weighted by molar-refractivity contribution is 7.89. The first-order chi connectivity index (χ1) is 9.58. The van der Waals surface area contributed by atoms with Gasteiger partial charge in [-0.1, -0.05) is 24.3 Å². The number of benzene rings is 1. The largest absolute Gasteiger partial charge is 0.366 e. The van der Waals surface area contributed by atoms with Gasteiger partial charge in [0, 0.05) is 30.9 Å². The van der Waals surface area contributed by atoms with Crippen LogP contribution in [-0.2, 0) is 16.4 Å². The van der Waals surface area contributed by atoms with E-state index >= 15 is 0 Å². The van der Waals surface area contributed by atoms with Crippen molar-refractivity contribution in [2.24, 2.45) is 0 Å². The lowest BCUT2D eigenvalue weighted by Gasteiger charge is -2.30. The Kier molecular flexibility index (Phi) is 3.19. The van der Waals surface area contributed by atoms with E-state index in [-0.39, 0.29) is 10.8 Å². The Bertz CT molecular complexity index is 796. The molecule has 2 aromatic rings. The Morgan fingerprint density at radius 3 is 2.80 bits per heavy atom. The number of hydrogen-bond donors (Lipinski definition) is 2. The van der Waals surface area contributed by atoms with Gasteiger partial charge in [-0.3, -0.25) is 4.79 Å². The van der Waals surface area contributed by atoms with E-state index < -0.39 is 15.5 Å². The van der Waals surface area contributed by atoms with Crippen molar-refractivity contribution in [3.63, 3.8) is 0 Å². The summed E-state index contributed by atoms with van der Waals surface area (Å²) in [5.41, 5.74) is 1.93. The molecule has 3 rings (SSSR count). The summed E-state index contributed by atoms with van der Waals surface area (Å²) < 4.78 is 26.7. The van der Waals surface area contributed by atoms with Crippen molar-refractivity contribution in [3.05, 3.63) is 64.1 Å². The van der Waals surface area contributed by atoms with Crippen molar-refractivity contribution in [2.45, 2.75) is 17.2 Å². The third-order valence-corrected chi connectivity index (χ3v) is 5.00. The van der Waals surface area contributed by atoms with Crippen LogP contribution in [0.2, 0.25) is 0 Å². The topological polar surface area (TPSA) is 79.0 Å². The van der Waals surface area contributed by atoms with Gasteiger partial charge in [-0.25, -0.2) is 13.1 Å². The van der Waals surface area contributed by atoms with Gasteiger partial charge in [-0.05, 0) is 17.5 Å². The highest BCUT2D eigenvalue weighted by atomic mass is 32.2. The van der Waals surface area contributed by atoms with Crippen LogP contribution >= 0.6 is 0 Å². The first-order valence-corrected chi connectivity index (χ1v) is 7.81. The Hall–Kier alpha value is -1.92. The molecule has 0 amide bonds. The summed E-state index contributed by atoms with van der Waals surface area (Å²) >= 11 is 0. The predicted molar refractivity (Wildman–Crippen MR) is 75.1 cm³/mol. The van der Waals surface area contributed by atoms with E-state index in [0.29, 0.717) is 6.54 Å². The molecule has 5 nitrogen and oxygen atoms in total. The average Bonchev–Trinajstić information content (AvgIpc) is 2.40. The number of fused-ring (bicyclic) bond motifs is 1. The first-order valence-electron chi connectivity index (χ1n) is 6.32. The molecule has 0 radical (unpaired) electrons. The number of rotatable bonds is 4. The molecule has 1 heterocycles. The summed E-state index contributed by atoms with van der Waals surface area (Å²) in [5.74, 6) is 0.184. The van der Waals surface area contributed by atoms with Gasteiger partial charge in [0.1, 0.15) is 4.90 Å². The number of hydrogen-bond acceptors (Lipinski definition) is 3. The van der Waals surface area contributed by atoms with Crippen LogP contribution in [0.4, 0.5) is 0 Å². The van der Waals surface area contributed by atoms with E-state index in [4.69, 9.17) is 0 Å². The Balaban J connectivity index is 1.74. The number of aromatic nitrogens is 1. The van der Waals surface area contributed by atoms with E-state index in [1.165, 1.54) is 29.6 Å². The molecule has 0 spiro atoms. The minimum Gasteiger partial charge on any atom is -0.366 e. The van der Waals surface area contributed by atoms with E-state index in [9.17, 15) is 13.2 Å². The molecule has 1 atom stereocenters. The van der Waals surface area contributed by atoms with Crippen molar-refractivity contribution in [1.82, 2.24) is 9.71 Å². The molecule has 104 valence electrons. The molecule has 0 saturated heterocycles. The van der Waals surface area contributed by atoms with Crippen molar-refractivity contribution in [3.8, 4) is 0 Å². The number of H-pyrrole nitrogens is 1. The average molecular weight is 290 g/mol. The standard InChI is InChI=1S/C14H14N2O3S/c17-13-5-6-15-9-14(13)20(18,19)16-8-11-7-10-3-1-2-4-12(10)11/h1-6,9,11,16H,7-8H2,(H,15,17). The molecular weight excluding hydrogens is 276 g/mol. The third kappa shape index (κ3) is 2.28. The van der Waals surface area contributed by atoms with Crippen LogP contribution in [0.15, 0.2) is 52.4 Å². The Morgan fingerprint density at radius 1 is 1.25 bits per heavy atom. The van der Waals surface area contributed by atoms with Crippen molar-refractivity contribution in [2.75, 3.05) is 6.54 Å². The normalized spacial score (nSPS) is 17.3. The monoisotopic (exact) mass is 290 g/mol. The molecule has 1 aliphatic rings. The molecule has 0 aliphatic heterocycles. The van der Waals surface area contributed by atoms with Crippen LogP contribution in [0, 0.1) is 0 Å². The van der Waals surface area contributed by atoms with Crippen molar-refractivity contribution < 1.29 is 8.42 Å². The molecule has 0 saturated carbocycles. The zero-order valence-corrected chi connectivity index (χ0v) is 11.5. The fraction of sp³-hybridized carbons (Fsp3) is 0.214. The lowest BCUT2D eigenvalue weighted by atomic mass is 9.78. The van der Waals surface area contributed by atoms with Gasteiger partial charge < -0.3 is 4.98 Å². The predicted octanol–water partition coefficient (Wildman–Crippen LogP) is 0.993. The molecular formula is C14H14N2O3S. The molecule has 1 aliphatic carbocycles. The van der Waals surface area contributed by atoms with Gasteiger partial charge in [-0.2, -0.15) is 0 Å². The van der Waals surface area contributed by atoms with E-state index in [1.807, 2.05) is 24.3 Å². The summed E-state index contributed by atoms with van der Waals surface area (Å²) in [6.07, 6.45) is 3.48. The van der Waals surface area contributed by atoms with E-state index in [2.05, 4.69) is 9.71 Å². The summed E-state index contributed by atoms with van der Waals surface area (Å²) in [7, 11) is -3.76. The quantitative estimate of drug-likeness (QED) is 0.881. The molecule has 1 aromatic carbocycles. The molecule has 0 fully saturated rings. The number of sulfonamides is 1. The SMILES string of the molecule is O=c1cc[nH]cc1S(=O)(=O)NCC1Cc2ccccc21. The van der Waals surface area contributed by atoms with Crippen LogP contribution in [0.5, 0.6) is 0 Å². The molecule has 1 unspecified atom stereocenters. The highest BCUT2D eigenvalue weighted by Crippen LogP contribution is 2.34. The lowest BCUT2D eigenvalue weighted by Crippen LogP contribution is -2.35. The fourth-order valence-corrected chi connectivity index (χ4v) is 3.58. The van der Waals surface area contributed by atoms with Gasteiger partial charge >= 0.3 is 0 Å². The lowest BCUT2D eigenvalue weighted by molar-refractivity contribution is 0.551. The highest BCUT2D eigenvalue weighted by Gasteiger charge is 2.27. The number of aromatic amines is 1. The van der Waals surface area contributed by atoms with Crippen LogP contribution < -0.4 is 10.2 Å². The van der Waals surface area contributed by atoms with Gasteiger partial charge in [0.25, 0.3) is 0 Å². The summed E-state index contributed by atoms with van der Waals surface area (Å²) in [5, 5.41) is 0. The van der Waals surface area contributed by atoms with E-state index in [0.717, 1.165) is 6.42 Å². The number of nitrogens with one attached hydrogen (secondary N) is 2.